The minimum absolute atomic E-state index is 0.00890. The van der Waals surface area contributed by atoms with E-state index in [4.69, 9.17) is 0 Å². The van der Waals surface area contributed by atoms with Crippen molar-refractivity contribution in [2.24, 2.45) is 0 Å². The number of piperazine rings is 1. The monoisotopic (exact) mass is 481 g/mol. The average Bonchev–Trinajstić information content (AvgIpc) is 2.72. The van der Waals surface area contributed by atoms with Crippen LogP contribution in [0.25, 0.3) is 0 Å². The lowest BCUT2D eigenvalue weighted by molar-refractivity contribution is -0.143. The van der Waals surface area contributed by atoms with Gasteiger partial charge in [-0.15, -0.1) is 0 Å². The molecule has 0 aliphatic carbocycles. The molecule has 12 heteroatoms. The number of nitrogens with one attached hydrogen (secondary N) is 1. The van der Waals surface area contributed by atoms with Crippen molar-refractivity contribution in [1.82, 2.24) is 15.1 Å². The quantitative estimate of drug-likeness (QED) is 0.612. The summed E-state index contributed by atoms with van der Waals surface area (Å²) in [4.78, 5) is 15.2. The summed E-state index contributed by atoms with van der Waals surface area (Å²) >= 11 is 0. The van der Waals surface area contributed by atoms with Crippen molar-refractivity contribution in [3.8, 4) is 0 Å². The Bertz CT molecular complexity index is 989. The lowest BCUT2D eigenvalue weighted by atomic mass is 10.0. The van der Waals surface area contributed by atoms with Crippen molar-refractivity contribution < 1.29 is 39.9 Å². The number of benzene rings is 2. The summed E-state index contributed by atoms with van der Waals surface area (Å²) in [6, 6.07) is 2.41. The average molecular weight is 481 g/mol. The van der Waals surface area contributed by atoms with Crippen LogP contribution in [0.2, 0.25) is 0 Å². The number of carbonyl (C=O) groups is 1. The van der Waals surface area contributed by atoms with E-state index < -0.39 is 53.7 Å². The van der Waals surface area contributed by atoms with Crippen LogP contribution < -0.4 is 5.32 Å². The number of hydrogen-bond donors (Lipinski definition) is 1. The van der Waals surface area contributed by atoms with Gasteiger partial charge in [0.15, 0.2) is 0 Å². The van der Waals surface area contributed by atoms with E-state index in [-0.39, 0.29) is 30.3 Å². The Balaban J connectivity index is 1.87. The lowest BCUT2D eigenvalue weighted by Crippen LogP contribution is -2.52. The van der Waals surface area contributed by atoms with E-state index >= 15 is 0 Å². The number of rotatable bonds is 3. The van der Waals surface area contributed by atoms with E-state index in [1.165, 1.54) is 18.0 Å². The van der Waals surface area contributed by atoms with Crippen LogP contribution >= 0.6 is 0 Å². The molecule has 1 atom stereocenters. The first kappa shape index (κ1) is 24.7. The fourth-order valence-corrected chi connectivity index (χ4v) is 3.65. The maximum absolute atomic E-state index is 14.3. The Morgan fingerprint density at radius 3 is 2.18 bits per heavy atom. The molecule has 1 unspecified atom stereocenters. The molecule has 4 nitrogen and oxygen atoms in total. The van der Waals surface area contributed by atoms with Gasteiger partial charge >= 0.3 is 18.4 Å². The summed E-state index contributed by atoms with van der Waals surface area (Å²) in [7, 11) is 1.22. The van der Waals surface area contributed by atoms with Crippen molar-refractivity contribution in [2.45, 2.75) is 24.9 Å². The molecule has 0 aromatic heterocycles. The van der Waals surface area contributed by atoms with Crippen molar-refractivity contribution in [3.05, 3.63) is 70.3 Å². The maximum Gasteiger partial charge on any atom is 0.416 e. The third kappa shape index (κ3) is 5.73. The largest absolute Gasteiger partial charge is 0.416 e. The maximum atomic E-state index is 14.3. The van der Waals surface area contributed by atoms with E-state index in [0.29, 0.717) is 24.7 Å². The summed E-state index contributed by atoms with van der Waals surface area (Å²) in [6.45, 7) is 0.0139. The molecule has 3 rings (SSSR count). The van der Waals surface area contributed by atoms with Gasteiger partial charge in [0.05, 0.1) is 17.2 Å². The van der Waals surface area contributed by atoms with E-state index in [1.807, 2.05) is 0 Å². The van der Waals surface area contributed by atoms with Crippen LogP contribution in [0.3, 0.4) is 0 Å². The van der Waals surface area contributed by atoms with Gasteiger partial charge in [-0.25, -0.2) is 13.6 Å². The van der Waals surface area contributed by atoms with Crippen LogP contribution in [0.5, 0.6) is 0 Å². The molecule has 33 heavy (non-hydrogen) atoms. The molecular weight excluding hydrogens is 462 g/mol. The van der Waals surface area contributed by atoms with Gasteiger partial charge in [0, 0.05) is 44.9 Å². The molecule has 1 heterocycles. The Morgan fingerprint density at radius 1 is 1.03 bits per heavy atom. The lowest BCUT2D eigenvalue weighted by Gasteiger charge is -2.39. The first-order valence-electron chi connectivity index (χ1n) is 9.73. The normalized spacial score (nSPS) is 17.2. The Kier molecular flexibility index (Phi) is 6.87. The molecule has 0 spiro atoms. The third-order valence-corrected chi connectivity index (χ3v) is 5.20. The van der Waals surface area contributed by atoms with Crippen molar-refractivity contribution in [1.29, 1.82) is 0 Å². The zero-order valence-corrected chi connectivity index (χ0v) is 17.2. The number of amides is 2. The van der Waals surface area contributed by atoms with Crippen LogP contribution in [0, 0.1) is 11.6 Å². The number of nitrogens with zero attached hydrogens (tertiary/aromatic N) is 2. The molecule has 2 aromatic carbocycles. The third-order valence-electron chi connectivity index (χ3n) is 5.20. The van der Waals surface area contributed by atoms with Gasteiger partial charge in [-0.1, -0.05) is 6.07 Å². The topological polar surface area (TPSA) is 35.6 Å². The zero-order chi connectivity index (χ0) is 24.6. The highest BCUT2D eigenvalue weighted by atomic mass is 19.4. The van der Waals surface area contributed by atoms with Crippen molar-refractivity contribution in [2.75, 3.05) is 26.7 Å². The highest BCUT2D eigenvalue weighted by molar-refractivity contribution is 5.75. The second-order valence-electron chi connectivity index (χ2n) is 7.63. The molecule has 1 aliphatic rings. The second-order valence-corrected chi connectivity index (χ2v) is 7.63. The highest BCUT2D eigenvalue weighted by Gasteiger charge is 2.37. The van der Waals surface area contributed by atoms with Gasteiger partial charge in [0.2, 0.25) is 0 Å². The van der Waals surface area contributed by atoms with Crippen molar-refractivity contribution >= 4 is 6.03 Å². The molecule has 0 radical (unpaired) electrons. The first-order valence-corrected chi connectivity index (χ1v) is 9.73. The number of halogens is 8. The molecule has 1 saturated heterocycles. The van der Waals surface area contributed by atoms with Gasteiger partial charge in [0.1, 0.15) is 11.6 Å². The first-order chi connectivity index (χ1) is 15.3. The predicted molar refractivity (Wildman–Crippen MR) is 102 cm³/mol. The standard InChI is InChI=1S/C21H19F8N3O/c1-31(11-12-6-13(20(24,25)26)8-14(7-12)21(27,28)29)19(33)32-5-4-30-10-18(32)16-3-2-15(22)9-17(16)23/h2-3,6-9,18,30H,4-5,10-11H2,1H3. The zero-order valence-electron chi connectivity index (χ0n) is 17.2. The molecule has 1 N–H and O–H groups in total. The predicted octanol–water partition coefficient (Wildman–Crippen LogP) is 5.20. The molecule has 1 fully saturated rings. The van der Waals surface area contributed by atoms with E-state index in [0.717, 1.165) is 11.0 Å². The number of urea groups is 1. The smallest absolute Gasteiger partial charge is 0.323 e. The molecule has 0 bridgehead atoms. The van der Waals surface area contributed by atoms with Crippen LogP contribution in [0.15, 0.2) is 36.4 Å². The Morgan fingerprint density at radius 2 is 1.64 bits per heavy atom. The van der Waals surface area contributed by atoms with Crippen LogP contribution in [-0.2, 0) is 18.9 Å². The second kappa shape index (κ2) is 9.16. The fourth-order valence-electron chi connectivity index (χ4n) is 3.65. The summed E-state index contributed by atoms with van der Waals surface area (Å²) in [5.74, 6) is -1.68. The Hall–Kier alpha value is -2.89. The molecule has 0 saturated carbocycles. The van der Waals surface area contributed by atoms with E-state index in [2.05, 4.69) is 5.32 Å². The van der Waals surface area contributed by atoms with E-state index in [1.54, 1.807) is 0 Å². The molecule has 180 valence electrons. The van der Waals surface area contributed by atoms with Crippen LogP contribution in [0.4, 0.5) is 39.9 Å². The minimum atomic E-state index is -5.01. The number of carbonyl (C=O) groups excluding carboxylic acids is 1. The van der Waals surface area contributed by atoms with Gasteiger partial charge in [-0.2, -0.15) is 26.3 Å². The van der Waals surface area contributed by atoms with Crippen LogP contribution in [-0.4, -0.2) is 42.5 Å². The van der Waals surface area contributed by atoms with Gasteiger partial charge < -0.3 is 15.1 Å². The fraction of sp³-hybridized carbons (Fsp3) is 0.381. The molecule has 2 amide bonds. The summed E-state index contributed by atoms with van der Waals surface area (Å²) < 4.78 is 106. The van der Waals surface area contributed by atoms with Crippen LogP contribution in [0.1, 0.15) is 28.3 Å². The van der Waals surface area contributed by atoms with Gasteiger partial charge in [-0.3, -0.25) is 0 Å². The highest BCUT2D eigenvalue weighted by Crippen LogP contribution is 2.36. The molecule has 2 aromatic rings. The summed E-state index contributed by atoms with van der Waals surface area (Å²) in [5, 5.41) is 2.97. The van der Waals surface area contributed by atoms with Gasteiger partial charge in [0.25, 0.3) is 0 Å². The SMILES string of the molecule is CN(Cc1cc(C(F)(F)F)cc(C(F)(F)F)c1)C(=O)N1CCNCC1c1ccc(F)cc1F. The van der Waals surface area contributed by atoms with E-state index in [9.17, 15) is 39.9 Å². The minimum Gasteiger partial charge on any atom is -0.323 e. The molecule has 1 aliphatic heterocycles. The summed E-state index contributed by atoms with van der Waals surface area (Å²) in [6.07, 6.45) is -10.0. The number of alkyl halides is 6. The number of hydrogen-bond acceptors (Lipinski definition) is 2. The Labute approximate surface area is 183 Å². The molecular formula is C21H19F8N3O. The van der Waals surface area contributed by atoms with Gasteiger partial charge in [-0.05, 0) is 29.8 Å². The van der Waals surface area contributed by atoms with Crippen molar-refractivity contribution in [3.63, 3.8) is 0 Å². The summed E-state index contributed by atoms with van der Waals surface area (Å²) in [5.41, 5.74) is -3.31.